The summed E-state index contributed by atoms with van der Waals surface area (Å²) in [5, 5.41) is 4.96. The molecule has 0 aromatic heterocycles. The van der Waals surface area contributed by atoms with Gasteiger partial charge in [-0.25, -0.2) is 4.39 Å². The maximum absolute atomic E-state index is 13.5. The molecule has 110 valence electrons. The van der Waals surface area contributed by atoms with Gasteiger partial charge in [0, 0.05) is 16.0 Å². The number of nitrogens with one attached hydrogen (secondary N) is 1. The Morgan fingerprint density at radius 3 is 2.55 bits per heavy atom. The van der Waals surface area contributed by atoms with Gasteiger partial charge in [0.15, 0.2) is 0 Å². The zero-order chi connectivity index (χ0) is 15.4. The van der Waals surface area contributed by atoms with Gasteiger partial charge < -0.3 is 5.32 Å². The number of fused-ring (bicyclic) bond motifs is 1. The quantitative estimate of drug-likeness (QED) is 0.707. The summed E-state index contributed by atoms with van der Waals surface area (Å²) < 4.78 is 13.5. The highest BCUT2D eigenvalue weighted by atomic mass is 32.2. The van der Waals surface area contributed by atoms with Crippen LogP contribution in [0.1, 0.15) is 0 Å². The Hall–Kier alpha value is -2.33. The predicted molar refractivity (Wildman–Crippen MR) is 89.7 cm³/mol. The molecule has 0 spiro atoms. The fraction of sp³-hybridized carbons (Fsp3) is 0.0556. The highest BCUT2D eigenvalue weighted by Crippen LogP contribution is 2.24. The highest BCUT2D eigenvalue weighted by molar-refractivity contribution is 8.00. The van der Waals surface area contributed by atoms with Gasteiger partial charge in [0.1, 0.15) is 5.82 Å². The number of anilines is 1. The van der Waals surface area contributed by atoms with Gasteiger partial charge in [-0.1, -0.05) is 48.5 Å². The first-order valence-electron chi connectivity index (χ1n) is 6.89. The van der Waals surface area contributed by atoms with Crippen molar-refractivity contribution < 1.29 is 9.18 Å². The molecule has 0 saturated carbocycles. The summed E-state index contributed by atoms with van der Waals surface area (Å²) >= 11 is 1.19. The molecule has 0 aliphatic heterocycles. The molecule has 0 heterocycles. The molecule has 3 aromatic carbocycles. The Morgan fingerprint density at radius 2 is 1.68 bits per heavy atom. The molecule has 3 rings (SSSR count). The van der Waals surface area contributed by atoms with Gasteiger partial charge in [-0.05, 0) is 23.6 Å². The van der Waals surface area contributed by atoms with Crippen LogP contribution in [0.2, 0.25) is 0 Å². The Labute approximate surface area is 132 Å². The molecule has 0 saturated heterocycles. The number of carbonyl (C=O) groups is 1. The minimum absolute atomic E-state index is 0.149. The van der Waals surface area contributed by atoms with E-state index in [1.54, 1.807) is 18.2 Å². The fourth-order valence-corrected chi connectivity index (χ4v) is 2.97. The van der Waals surface area contributed by atoms with Gasteiger partial charge in [0.2, 0.25) is 5.91 Å². The third kappa shape index (κ3) is 3.28. The van der Waals surface area contributed by atoms with Gasteiger partial charge >= 0.3 is 0 Å². The number of benzene rings is 3. The minimum atomic E-state index is -0.300. The van der Waals surface area contributed by atoms with Crippen LogP contribution >= 0.6 is 11.8 Å². The van der Waals surface area contributed by atoms with Crippen LogP contribution in [0.15, 0.2) is 71.6 Å². The molecule has 0 radical (unpaired) electrons. The monoisotopic (exact) mass is 311 g/mol. The van der Waals surface area contributed by atoms with Crippen LogP contribution in [-0.4, -0.2) is 11.7 Å². The van der Waals surface area contributed by atoms with Crippen molar-refractivity contribution in [1.82, 2.24) is 0 Å². The summed E-state index contributed by atoms with van der Waals surface area (Å²) in [4.78, 5) is 12.6. The zero-order valence-electron chi connectivity index (χ0n) is 11.8. The molecule has 0 aliphatic rings. The molecule has 0 bridgehead atoms. The smallest absolute Gasteiger partial charge is 0.234 e. The minimum Gasteiger partial charge on any atom is -0.325 e. The third-order valence-electron chi connectivity index (χ3n) is 3.26. The van der Waals surface area contributed by atoms with Crippen LogP contribution < -0.4 is 5.32 Å². The lowest BCUT2D eigenvalue weighted by Gasteiger charge is -2.09. The summed E-state index contributed by atoms with van der Waals surface area (Å²) in [5.74, 6) is -0.278. The number of thioether (sulfide) groups is 1. The molecule has 0 unspecified atom stereocenters. The molecule has 2 nitrogen and oxygen atoms in total. The average molecular weight is 311 g/mol. The first kappa shape index (κ1) is 14.6. The van der Waals surface area contributed by atoms with E-state index < -0.39 is 0 Å². The molecule has 0 fully saturated rings. The SMILES string of the molecule is O=C(CSc1ccccc1F)Nc1cccc2ccccc12. The zero-order valence-corrected chi connectivity index (χ0v) is 12.6. The topological polar surface area (TPSA) is 29.1 Å². The second-order valence-electron chi connectivity index (χ2n) is 4.79. The molecular weight excluding hydrogens is 297 g/mol. The molecule has 3 aromatic rings. The molecule has 0 aliphatic carbocycles. The summed E-state index contributed by atoms with van der Waals surface area (Å²) in [5.41, 5.74) is 0.775. The van der Waals surface area contributed by atoms with Gasteiger partial charge in [-0.3, -0.25) is 4.79 Å². The summed E-state index contributed by atoms with van der Waals surface area (Å²) in [7, 11) is 0. The largest absolute Gasteiger partial charge is 0.325 e. The van der Waals surface area contributed by atoms with Gasteiger partial charge in [-0.2, -0.15) is 0 Å². The van der Waals surface area contributed by atoms with Crippen molar-refractivity contribution >= 4 is 34.1 Å². The van der Waals surface area contributed by atoms with E-state index in [0.717, 1.165) is 16.5 Å². The standard InChI is InChI=1S/C18H14FNOS/c19-15-9-3-4-11-17(15)22-12-18(21)20-16-10-5-7-13-6-1-2-8-14(13)16/h1-11H,12H2,(H,20,21). The molecule has 22 heavy (non-hydrogen) atoms. The van der Waals surface area contributed by atoms with Crippen molar-refractivity contribution in [3.05, 3.63) is 72.5 Å². The maximum atomic E-state index is 13.5. The van der Waals surface area contributed by atoms with Crippen molar-refractivity contribution in [2.45, 2.75) is 4.90 Å². The highest BCUT2D eigenvalue weighted by Gasteiger charge is 2.08. The fourth-order valence-electron chi connectivity index (χ4n) is 2.23. The van der Waals surface area contributed by atoms with Crippen LogP contribution in [0.4, 0.5) is 10.1 Å². The van der Waals surface area contributed by atoms with Crippen LogP contribution in [-0.2, 0) is 4.79 Å². The number of hydrogen-bond acceptors (Lipinski definition) is 2. The summed E-state index contributed by atoms with van der Waals surface area (Å²) in [6, 6.07) is 20.1. The van der Waals surface area contributed by atoms with Crippen molar-refractivity contribution in [2.24, 2.45) is 0 Å². The first-order valence-corrected chi connectivity index (χ1v) is 7.87. The van der Waals surface area contributed by atoms with Crippen LogP contribution in [0.25, 0.3) is 10.8 Å². The average Bonchev–Trinajstić information content (AvgIpc) is 2.54. The number of amides is 1. The van der Waals surface area contributed by atoms with Crippen molar-refractivity contribution in [2.75, 3.05) is 11.1 Å². The van der Waals surface area contributed by atoms with Crippen LogP contribution in [0.5, 0.6) is 0 Å². The van der Waals surface area contributed by atoms with Crippen LogP contribution in [0, 0.1) is 5.82 Å². The number of hydrogen-bond donors (Lipinski definition) is 1. The lowest BCUT2D eigenvalue weighted by molar-refractivity contribution is -0.113. The molecule has 0 atom stereocenters. The number of rotatable bonds is 4. The molecule has 4 heteroatoms. The van der Waals surface area contributed by atoms with Gasteiger partial charge in [0.05, 0.1) is 5.75 Å². The first-order chi connectivity index (χ1) is 10.7. The lowest BCUT2D eigenvalue weighted by Crippen LogP contribution is -2.14. The number of halogens is 1. The van der Waals surface area contributed by atoms with E-state index >= 15 is 0 Å². The lowest BCUT2D eigenvalue weighted by atomic mass is 10.1. The van der Waals surface area contributed by atoms with Crippen molar-refractivity contribution in [3.63, 3.8) is 0 Å². The Balaban J connectivity index is 1.70. The van der Waals surface area contributed by atoms with Gasteiger partial charge in [-0.15, -0.1) is 11.8 Å². The van der Waals surface area contributed by atoms with E-state index in [1.165, 1.54) is 17.8 Å². The van der Waals surface area contributed by atoms with Gasteiger partial charge in [0.25, 0.3) is 0 Å². The second-order valence-corrected chi connectivity index (χ2v) is 5.81. The molecule has 1 amide bonds. The molecular formula is C18H14FNOS. The predicted octanol–water partition coefficient (Wildman–Crippen LogP) is 4.71. The van der Waals surface area contributed by atoms with E-state index in [9.17, 15) is 9.18 Å². The maximum Gasteiger partial charge on any atom is 0.234 e. The summed E-state index contributed by atoms with van der Waals surface area (Å²) in [6.45, 7) is 0. The number of carbonyl (C=O) groups excluding carboxylic acids is 1. The van der Waals surface area contributed by atoms with E-state index in [-0.39, 0.29) is 17.5 Å². The van der Waals surface area contributed by atoms with E-state index in [1.807, 2.05) is 42.5 Å². The van der Waals surface area contributed by atoms with Crippen molar-refractivity contribution in [1.29, 1.82) is 0 Å². The Morgan fingerprint density at radius 1 is 0.955 bits per heavy atom. The Kier molecular flexibility index (Phi) is 4.39. The van der Waals surface area contributed by atoms with Crippen molar-refractivity contribution in [3.8, 4) is 0 Å². The Bertz CT molecular complexity index is 814. The van der Waals surface area contributed by atoms with E-state index in [4.69, 9.17) is 0 Å². The normalized spacial score (nSPS) is 10.6. The van der Waals surface area contributed by atoms with E-state index in [2.05, 4.69) is 5.32 Å². The second kappa shape index (κ2) is 6.62. The van der Waals surface area contributed by atoms with Crippen LogP contribution in [0.3, 0.4) is 0 Å². The molecule has 1 N–H and O–H groups in total. The van der Waals surface area contributed by atoms with E-state index in [0.29, 0.717) is 4.90 Å². The summed E-state index contributed by atoms with van der Waals surface area (Å²) in [6.07, 6.45) is 0. The third-order valence-corrected chi connectivity index (χ3v) is 4.31.